The van der Waals surface area contributed by atoms with Crippen molar-refractivity contribution in [1.29, 1.82) is 0 Å². The van der Waals surface area contributed by atoms with E-state index in [-0.39, 0.29) is 0 Å². The Morgan fingerprint density at radius 2 is 1.74 bits per heavy atom. The summed E-state index contributed by atoms with van der Waals surface area (Å²) in [4.78, 5) is 4.89. The zero-order chi connectivity index (χ0) is 19.6. The Bertz CT molecular complexity index is 971. The van der Waals surface area contributed by atoms with Gasteiger partial charge in [-0.05, 0) is 0 Å². The molecular formula is C21H18NO2Pb3. The first kappa shape index (κ1) is 21.7. The molecule has 9 radical (unpaired) electrons. The van der Waals surface area contributed by atoms with Gasteiger partial charge in [0.2, 0.25) is 0 Å². The van der Waals surface area contributed by atoms with E-state index in [9.17, 15) is 5.11 Å². The third-order valence-electron chi connectivity index (χ3n) is 4.42. The SMILES string of the molecule is COc1cc([CH](C)[Pb])c(N=Cc2ccc3ccccc3c2O)c([CH]([Pb])[Pb])c1. The fourth-order valence-electron chi connectivity index (χ4n) is 2.98. The number of fused-ring (bicyclic) bond motifs is 1. The van der Waals surface area contributed by atoms with Crippen LogP contribution in [0.25, 0.3) is 10.8 Å². The van der Waals surface area contributed by atoms with E-state index >= 15 is 0 Å². The van der Waals surface area contributed by atoms with Crippen LogP contribution >= 0.6 is 0 Å². The van der Waals surface area contributed by atoms with E-state index in [1.165, 1.54) is 11.1 Å². The second kappa shape index (κ2) is 9.64. The van der Waals surface area contributed by atoms with Crippen LogP contribution in [-0.2, 0) is 0 Å². The summed E-state index contributed by atoms with van der Waals surface area (Å²) in [7, 11) is 1.73. The van der Waals surface area contributed by atoms with Gasteiger partial charge < -0.3 is 0 Å². The van der Waals surface area contributed by atoms with E-state index in [1.807, 2.05) is 42.6 Å². The van der Waals surface area contributed by atoms with Gasteiger partial charge in [-0.2, -0.15) is 0 Å². The van der Waals surface area contributed by atoms with Gasteiger partial charge in [-0.25, -0.2) is 0 Å². The fraction of sp³-hybridized carbons (Fsp3) is 0.190. The summed E-state index contributed by atoms with van der Waals surface area (Å²) in [5.74, 6) is 1.22. The average molecular weight is 938 g/mol. The van der Waals surface area contributed by atoms with Gasteiger partial charge in [0.05, 0.1) is 0 Å². The zero-order valence-corrected chi connectivity index (χ0v) is 26.8. The summed E-state index contributed by atoms with van der Waals surface area (Å²) in [5.41, 5.74) is 4.37. The van der Waals surface area contributed by atoms with E-state index in [1.54, 1.807) is 7.11 Å². The molecule has 3 aromatic rings. The predicted octanol–water partition coefficient (Wildman–Crippen LogP) is 3.87. The number of ether oxygens (including phenoxy) is 1. The Morgan fingerprint density at radius 1 is 1.04 bits per heavy atom. The molecule has 0 saturated carbocycles. The molecule has 0 heterocycles. The molecule has 3 aromatic carbocycles. The average Bonchev–Trinajstić information content (AvgIpc) is 2.67. The van der Waals surface area contributed by atoms with Crippen molar-refractivity contribution in [2.75, 3.05) is 7.11 Å². The number of benzene rings is 3. The van der Waals surface area contributed by atoms with Crippen molar-refractivity contribution in [3.8, 4) is 11.5 Å². The van der Waals surface area contributed by atoms with Crippen LogP contribution in [0.15, 0.2) is 53.5 Å². The Balaban J connectivity index is 2.13. The molecule has 0 amide bonds. The first-order valence-corrected chi connectivity index (χ1v) is 15.3. The molecule has 0 bridgehead atoms. The fourth-order valence-corrected chi connectivity index (χ4v) is 5.55. The zero-order valence-electron chi connectivity index (χ0n) is 15.2. The van der Waals surface area contributed by atoms with Crippen molar-refractivity contribution in [2.24, 2.45) is 4.99 Å². The molecule has 131 valence electrons. The molecule has 0 spiro atoms. The first-order chi connectivity index (χ1) is 12.9. The Labute approximate surface area is 207 Å². The molecule has 1 unspecified atom stereocenters. The van der Waals surface area contributed by atoms with Gasteiger partial charge in [0, 0.05) is 0 Å². The molecule has 1 atom stereocenters. The number of methoxy groups -OCH3 is 1. The monoisotopic (exact) mass is 940 g/mol. The Morgan fingerprint density at radius 3 is 2.41 bits per heavy atom. The van der Waals surface area contributed by atoms with Gasteiger partial charge in [-0.3, -0.25) is 0 Å². The second-order valence-corrected chi connectivity index (χ2v) is 22.9. The summed E-state index contributed by atoms with van der Waals surface area (Å²) >= 11 is 3.27. The molecule has 6 heteroatoms. The summed E-state index contributed by atoms with van der Waals surface area (Å²) in [6, 6.07) is 16.1. The van der Waals surface area contributed by atoms with Crippen LogP contribution in [0.2, 0.25) is 0 Å². The molecule has 0 saturated heterocycles. The van der Waals surface area contributed by atoms with Gasteiger partial charge in [-0.15, -0.1) is 0 Å². The van der Waals surface area contributed by atoms with Crippen molar-refractivity contribution in [1.82, 2.24) is 0 Å². The molecule has 0 aliphatic carbocycles. The van der Waals surface area contributed by atoms with Crippen LogP contribution in [0.1, 0.15) is 28.1 Å². The maximum absolute atomic E-state index is 10.7. The number of phenols is 1. The minimum atomic E-state index is 0.292. The Hall–Kier alpha value is -0.0438. The molecule has 3 nitrogen and oxygen atoms in total. The van der Waals surface area contributed by atoms with Crippen LogP contribution in [0.4, 0.5) is 5.69 Å². The van der Waals surface area contributed by atoms with Gasteiger partial charge >= 0.3 is 210 Å². The molecule has 1 N–H and O–H groups in total. The summed E-state index contributed by atoms with van der Waals surface area (Å²) < 4.78 is 6.63. The summed E-state index contributed by atoms with van der Waals surface area (Å²) in [5, 5.41) is 12.6. The summed E-state index contributed by atoms with van der Waals surface area (Å²) in [6.45, 7) is 2.24. The van der Waals surface area contributed by atoms with Crippen LogP contribution in [0.3, 0.4) is 0 Å². The number of hydrogen-bond acceptors (Lipinski definition) is 3. The topological polar surface area (TPSA) is 41.8 Å². The standard InChI is InChI=1S/C21H18NO2.3Pb/c1-4-15-12-18(24-3)11-14(2)20(15)22-13-17-10-9-16-7-5-6-8-19(16)21(17)23;;;/h2,4-13,23H,1,3H3;;;. The van der Waals surface area contributed by atoms with E-state index in [2.05, 4.69) is 19.1 Å². The van der Waals surface area contributed by atoms with Crippen molar-refractivity contribution in [3.05, 3.63) is 65.2 Å². The van der Waals surface area contributed by atoms with Crippen molar-refractivity contribution < 1.29 is 9.84 Å². The number of rotatable bonds is 5. The first-order valence-electron chi connectivity index (χ1n) is 8.52. The van der Waals surface area contributed by atoms with Crippen molar-refractivity contribution in [3.63, 3.8) is 0 Å². The molecule has 27 heavy (non-hydrogen) atoms. The number of aromatic hydroxyl groups is 1. The quantitative estimate of drug-likeness (QED) is 0.313. The molecule has 3 rings (SSSR count). The van der Waals surface area contributed by atoms with Crippen molar-refractivity contribution >= 4 is 100.0 Å². The van der Waals surface area contributed by atoms with Gasteiger partial charge in [0.1, 0.15) is 0 Å². The third kappa shape index (κ3) is 4.93. The van der Waals surface area contributed by atoms with Gasteiger partial charge in [0.15, 0.2) is 0 Å². The predicted molar refractivity (Wildman–Crippen MR) is 114 cm³/mol. The maximum atomic E-state index is 10.7. The molecule has 0 aliphatic rings. The molecule has 0 fully saturated rings. The number of nitrogens with zero attached hydrogens (tertiary/aromatic N) is 1. The summed E-state index contributed by atoms with van der Waals surface area (Å²) in [6.07, 6.45) is 1.81. The van der Waals surface area contributed by atoms with E-state index in [0.29, 0.717) is 10.3 Å². The van der Waals surface area contributed by atoms with Crippen LogP contribution < -0.4 is 4.74 Å². The molecule has 0 aromatic heterocycles. The molecule has 0 aliphatic heterocycles. The van der Waals surface area contributed by atoms with E-state index in [0.717, 1.165) is 105 Å². The second-order valence-electron chi connectivity index (χ2n) is 6.29. The normalized spacial score (nSPS) is 12.8. The van der Waals surface area contributed by atoms with Crippen LogP contribution in [-0.4, -0.2) is 95.7 Å². The number of aliphatic imine (C=N–C) groups is 1. The Kier molecular flexibility index (Phi) is 7.73. The number of phenolic OH excluding ortho intramolecular Hbond substituents is 1. The van der Waals surface area contributed by atoms with E-state index < -0.39 is 0 Å². The van der Waals surface area contributed by atoms with Gasteiger partial charge in [0.25, 0.3) is 0 Å². The van der Waals surface area contributed by atoms with Crippen LogP contribution in [0, 0.1) is 0 Å². The van der Waals surface area contributed by atoms with Crippen molar-refractivity contribution in [2.45, 2.75) is 11.4 Å². The third-order valence-corrected chi connectivity index (χ3v) is 8.05. The van der Waals surface area contributed by atoms with Gasteiger partial charge in [-0.1, -0.05) is 0 Å². The van der Waals surface area contributed by atoms with Crippen LogP contribution in [0.5, 0.6) is 11.5 Å². The minimum absolute atomic E-state index is 0.292. The number of hydrogen-bond donors (Lipinski definition) is 1. The molecular weight excluding hydrogens is 920 g/mol. The van der Waals surface area contributed by atoms with E-state index in [4.69, 9.17) is 9.73 Å².